The predicted molar refractivity (Wildman–Crippen MR) is 91.3 cm³/mol. The van der Waals surface area contributed by atoms with Gasteiger partial charge in [-0.05, 0) is 0 Å². The Bertz CT molecular complexity index is 898. The fourth-order valence-electron chi connectivity index (χ4n) is 2.00. The molecule has 0 aliphatic carbocycles. The number of aromatic hydroxyl groups is 2. The maximum atomic E-state index is 12.6. The summed E-state index contributed by atoms with van der Waals surface area (Å²) in [4.78, 5) is 35.5. The van der Waals surface area contributed by atoms with E-state index in [1.165, 1.54) is 12.1 Å². The van der Waals surface area contributed by atoms with E-state index in [2.05, 4.69) is 13.2 Å². The van der Waals surface area contributed by atoms with Gasteiger partial charge in [0.05, 0.1) is 5.56 Å². The molecule has 0 atom stereocenters. The van der Waals surface area contributed by atoms with Crippen LogP contribution >= 0.6 is 0 Å². The molecule has 0 bridgehead atoms. The van der Waals surface area contributed by atoms with Crippen molar-refractivity contribution in [3.8, 4) is 23.0 Å². The largest absolute Gasteiger partial charge is 0.504 e. The van der Waals surface area contributed by atoms with Gasteiger partial charge in [0.15, 0.2) is 17.3 Å². The molecule has 0 unspecified atom stereocenters. The van der Waals surface area contributed by atoms with Crippen molar-refractivity contribution in [3.63, 3.8) is 0 Å². The molecule has 2 aromatic rings. The maximum absolute atomic E-state index is 12.6. The van der Waals surface area contributed by atoms with Crippen LogP contribution in [0.1, 0.15) is 15.9 Å². The molecule has 2 aromatic carbocycles. The van der Waals surface area contributed by atoms with Crippen molar-refractivity contribution in [1.82, 2.24) is 0 Å². The molecule has 2 rings (SSSR count). The van der Waals surface area contributed by atoms with Crippen molar-refractivity contribution in [2.75, 3.05) is 0 Å². The number of hydrogen-bond acceptors (Lipinski definition) is 7. The highest BCUT2D eigenvalue weighted by Gasteiger charge is 2.26. The normalized spacial score (nSPS) is 9.85. The molecule has 0 radical (unpaired) electrons. The first-order valence-corrected chi connectivity index (χ1v) is 7.26. The van der Waals surface area contributed by atoms with Crippen molar-refractivity contribution in [2.45, 2.75) is 0 Å². The quantitative estimate of drug-likeness (QED) is 0.270. The third-order valence-corrected chi connectivity index (χ3v) is 3.22. The van der Waals surface area contributed by atoms with E-state index in [9.17, 15) is 24.6 Å². The summed E-state index contributed by atoms with van der Waals surface area (Å²) >= 11 is 0. The number of carbonyl (C=O) groups is 3. The molecule has 0 fully saturated rings. The zero-order valence-electron chi connectivity index (χ0n) is 13.5. The molecular weight excluding hydrogens is 340 g/mol. The highest BCUT2D eigenvalue weighted by atomic mass is 16.6. The number of hydrogen-bond donors (Lipinski definition) is 2. The van der Waals surface area contributed by atoms with Crippen molar-refractivity contribution in [1.29, 1.82) is 0 Å². The van der Waals surface area contributed by atoms with Crippen LogP contribution in [0.25, 0.3) is 0 Å². The smallest absolute Gasteiger partial charge is 0.335 e. The summed E-state index contributed by atoms with van der Waals surface area (Å²) < 4.78 is 9.71. The molecule has 0 spiro atoms. The van der Waals surface area contributed by atoms with Crippen LogP contribution in [-0.4, -0.2) is 27.9 Å². The Balaban J connectivity index is 2.62. The van der Waals surface area contributed by atoms with E-state index in [0.717, 1.165) is 18.2 Å². The standard InChI is InChI=1S/C19H14O7/c1-3-14(20)25-13-10-12(16(22)11-8-6-5-7-9-11)17(23)18(24)19(13)26-15(21)4-2/h3-10,23-24H,1-2H2. The first kappa shape index (κ1) is 18.5. The minimum Gasteiger partial charge on any atom is -0.504 e. The van der Waals surface area contributed by atoms with Gasteiger partial charge in [0.25, 0.3) is 0 Å². The first-order valence-electron chi connectivity index (χ1n) is 7.26. The summed E-state index contributed by atoms with van der Waals surface area (Å²) in [6.07, 6.45) is 1.64. The molecule has 0 aliphatic heterocycles. The molecule has 0 saturated carbocycles. The Morgan fingerprint density at radius 1 is 0.885 bits per heavy atom. The van der Waals surface area contributed by atoms with Gasteiger partial charge in [-0.3, -0.25) is 4.79 Å². The summed E-state index contributed by atoms with van der Waals surface area (Å²) in [5.41, 5.74) is -0.127. The van der Waals surface area contributed by atoms with Gasteiger partial charge in [-0.1, -0.05) is 43.5 Å². The molecular formula is C19H14O7. The van der Waals surface area contributed by atoms with Crippen molar-refractivity contribution in [2.24, 2.45) is 0 Å². The van der Waals surface area contributed by atoms with Crippen LogP contribution in [0.15, 0.2) is 61.7 Å². The number of phenols is 2. The summed E-state index contributed by atoms with van der Waals surface area (Å²) in [5.74, 6) is -5.39. The topological polar surface area (TPSA) is 110 Å². The fraction of sp³-hybridized carbons (Fsp3) is 0. The van der Waals surface area contributed by atoms with E-state index < -0.39 is 40.7 Å². The number of esters is 2. The van der Waals surface area contributed by atoms with Gasteiger partial charge in [-0.15, -0.1) is 0 Å². The zero-order chi connectivity index (χ0) is 19.3. The van der Waals surface area contributed by atoms with Crippen LogP contribution < -0.4 is 9.47 Å². The highest BCUT2D eigenvalue weighted by molar-refractivity contribution is 6.11. The molecule has 0 saturated heterocycles. The van der Waals surface area contributed by atoms with Crippen LogP contribution in [0.3, 0.4) is 0 Å². The summed E-state index contributed by atoms with van der Waals surface area (Å²) in [5, 5.41) is 20.3. The second-order valence-electron chi connectivity index (χ2n) is 4.89. The van der Waals surface area contributed by atoms with Crippen LogP contribution in [0.4, 0.5) is 0 Å². The minimum atomic E-state index is -0.974. The fourth-order valence-corrected chi connectivity index (χ4v) is 2.00. The number of ether oxygens (including phenoxy) is 2. The molecule has 132 valence electrons. The van der Waals surface area contributed by atoms with E-state index in [1.807, 2.05) is 0 Å². The van der Waals surface area contributed by atoms with Gasteiger partial charge in [-0.2, -0.15) is 0 Å². The van der Waals surface area contributed by atoms with Crippen LogP contribution in [0.5, 0.6) is 23.0 Å². The molecule has 0 amide bonds. The van der Waals surface area contributed by atoms with E-state index in [1.54, 1.807) is 18.2 Å². The van der Waals surface area contributed by atoms with Gasteiger partial charge in [0.2, 0.25) is 11.5 Å². The van der Waals surface area contributed by atoms with E-state index in [0.29, 0.717) is 0 Å². The van der Waals surface area contributed by atoms with E-state index in [-0.39, 0.29) is 11.1 Å². The van der Waals surface area contributed by atoms with Gasteiger partial charge >= 0.3 is 11.9 Å². The molecule has 7 nitrogen and oxygen atoms in total. The van der Waals surface area contributed by atoms with Gasteiger partial charge < -0.3 is 19.7 Å². The lowest BCUT2D eigenvalue weighted by Crippen LogP contribution is -2.10. The summed E-state index contributed by atoms with van der Waals surface area (Å²) in [7, 11) is 0. The average molecular weight is 354 g/mol. The Kier molecular flexibility index (Phi) is 5.54. The van der Waals surface area contributed by atoms with E-state index in [4.69, 9.17) is 9.47 Å². The second-order valence-corrected chi connectivity index (χ2v) is 4.89. The second kappa shape index (κ2) is 7.80. The van der Waals surface area contributed by atoms with Crippen molar-refractivity contribution in [3.05, 3.63) is 72.8 Å². The Hall–Kier alpha value is -3.87. The SMILES string of the molecule is C=CC(=O)Oc1cc(C(=O)c2ccccc2)c(O)c(O)c1OC(=O)C=C. The lowest BCUT2D eigenvalue weighted by molar-refractivity contribution is -0.131. The number of ketones is 1. The molecule has 2 N–H and O–H groups in total. The van der Waals surface area contributed by atoms with Crippen molar-refractivity contribution >= 4 is 17.7 Å². The van der Waals surface area contributed by atoms with Gasteiger partial charge in [0.1, 0.15) is 0 Å². The number of phenolic OH excluding ortho intramolecular Hbond substituents is 2. The zero-order valence-corrected chi connectivity index (χ0v) is 13.5. The number of benzene rings is 2. The minimum absolute atomic E-state index is 0.221. The summed E-state index contributed by atoms with van der Waals surface area (Å²) in [6, 6.07) is 8.91. The molecule has 26 heavy (non-hydrogen) atoms. The Morgan fingerprint density at radius 3 is 2.04 bits per heavy atom. The first-order chi connectivity index (χ1) is 12.4. The highest BCUT2D eigenvalue weighted by Crippen LogP contribution is 2.46. The third kappa shape index (κ3) is 3.78. The predicted octanol–water partition coefficient (Wildman–Crippen LogP) is 2.51. The maximum Gasteiger partial charge on any atom is 0.335 e. The Labute approximate surface area is 148 Å². The van der Waals surface area contributed by atoms with Crippen molar-refractivity contribution < 1.29 is 34.1 Å². The number of rotatable bonds is 6. The molecule has 0 heterocycles. The monoisotopic (exact) mass is 354 g/mol. The van der Waals surface area contributed by atoms with Gasteiger partial charge in [0, 0.05) is 23.8 Å². The lowest BCUT2D eigenvalue weighted by Gasteiger charge is -2.14. The Morgan fingerprint density at radius 2 is 1.46 bits per heavy atom. The third-order valence-electron chi connectivity index (χ3n) is 3.22. The lowest BCUT2D eigenvalue weighted by atomic mass is 10.0. The average Bonchev–Trinajstić information content (AvgIpc) is 2.67. The van der Waals surface area contributed by atoms with Gasteiger partial charge in [-0.25, -0.2) is 9.59 Å². The van der Waals surface area contributed by atoms with Crippen LogP contribution in [-0.2, 0) is 9.59 Å². The van der Waals surface area contributed by atoms with Crippen LogP contribution in [0, 0.1) is 0 Å². The number of carbonyl (C=O) groups excluding carboxylic acids is 3. The van der Waals surface area contributed by atoms with Crippen LogP contribution in [0.2, 0.25) is 0 Å². The summed E-state index contributed by atoms with van der Waals surface area (Å²) in [6.45, 7) is 6.44. The molecule has 7 heteroatoms. The van der Waals surface area contributed by atoms with E-state index >= 15 is 0 Å². The molecule has 0 aliphatic rings. The molecule has 0 aromatic heterocycles.